The van der Waals surface area contributed by atoms with Crippen LogP contribution in [-0.2, 0) is 0 Å². The molecular weight excluding hydrogens is 272 g/mol. The van der Waals surface area contributed by atoms with Gasteiger partial charge in [0.25, 0.3) is 7.28 Å². The molecule has 0 aliphatic rings. The topological polar surface area (TPSA) is 0 Å². The Hall–Kier alpha value is -0.145. The molecule has 0 aromatic carbocycles. The van der Waals surface area contributed by atoms with Crippen molar-refractivity contribution < 1.29 is 13.2 Å². The van der Waals surface area contributed by atoms with Crippen LogP contribution in [0.1, 0.15) is 97.3 Å². The Bertz CT molecular complexity index is 217. The smallest absolute Gasteiger partial charge is 0.183 e. The summed E-state index contributed by atoms with van der Waals surface area (Å²) < 4.78 is 37.7. The molecule has 0 saturated carbocycles. The molecule has 0 aliphatic heterocycles. The molecule has 1 radical (unpaired) electrons. The summed E-state index contributed by atoms with van der Waals surface area (Å²) in [4.78, 5) is 0. The van der Waals surface area contributed by atoms with E-state index in [4.69, 9.17) is 0 Å². The van der Waals surface area contributed by atoms with Gasteiger partial charge in [-0.3, -0.25) is 0 Å². The molecule has 0 aromatic heterocycles. The van der Waals surface area contributed by atoms with Crippen molar-refractivity contribution >= 4 is 7.28 Å². The van der Waals surface area contributed by atoms with Crippen LogP contribution in [0.3, 0.4) is 0 Å². The maximum atomic E-state index is 12.6. The predicted molar refractivity (Wildman–Crippen MR) is 86.9 cm³/mol. The summed E-state index contributed by atoms with van der Waals surface area (Å²) in [7, 11) is 0.638. The maximum Gasteiger partial charge on any atom is 0.339 e. The number of alkyl halides is 3. The van der Waals surface area contributed by atoms with Crippen molar-refractivity contribution in [3.8, 4) is 0 Å². The predicted octanol–water partition coefficient (Wildman–Crippen LogP) is 7.11. The van der Waals surface area contributed by atoms with E-state index in [1.807, 2.05) is 0 Å². The Balaban J connectivity index is 3.81. The van der Waals surface area contributed by atoms with E-state index in [-0.39, 0.29) is 5.82 Å². The summed E-state index contributed by atoms with van der Waals surface area (Å²) in [6, 6.07) is 0. The molecule has 0 N–H and O–H groups in total. The first-order valence-electron chi connectivity index (χ1n) is 8.92. The van der Waals surface area contributed by atoms with Crippen LogP contribution in [0.5, 0.6) is 0 Å². The summed E-state index contributed by atoms with van der Waals surface area (Å²) in [5, 5.41) is 0. The molecule has 21 heavy (non-hydrogen) atoms. The van der Waals surface area contributed by atoms with E-state index in [0.29, 0.717) is 20.1 Å². The van der Waals surface area contributed by atoms with Crippen molar-refractivity contribution in [3.63, 3.8) is 0 Å². The Morgan fingerprint density at radius 1 is 0.667 bits per heavy atom. The molecular formula is C17H33BF3. The van der Waals surface area contributed by atoms with Crippen molar-refractivity contribution in [2.75, 3.05) is 0 Å². The van der Waals surface area contributed by atoms with Gasteiger partial charge in [-0.2, -0.15) is 13.2 Å². The summed E-state index contributed by atoms with van der Waals surface area (Å²) >= 11 is 0. The first-order valence-corrected chi connectivity index (χ1v) is 8.92. The third-order valence-corrected chi connectivity index (χ3v) is 4.03. The number of unbranched alkanes of at least 4 members (excludes halogenated alkanes) is 9. The molecule has 0 fully saturated rings. The monoisotopic (exact) mass is 305 g/mol. The minimum atomic E-state index is -4.11. The first kappa shape index (κ1) is 20.9. The molecule has 0 spiro atoms. The SMILES string of the molecule is CCCCCCCCC([B]C(F)(F)F)CCCCCCC. The van der Waals surface area contributed by atoms with Crippen LogP contribution in [-0.4, -0.2) is 13.4 Å². The van der Waals surface area contributed by atoms with E-state index >= 15 is 0 Å². The molecule has 125 valence electrons. The molecule has 0 nitrogen and oxygen atoms in total. The van der Waals surface area contributed by atoms with E-state index in [1.165, 1.54) is 38.5 Å². The Morgan fingerprint density at radius 3 is 1.43 bits per heavy atom. The lowest BCUT2D eigenvalue weighted by molar-refractivity contribution is -0.0485. The molecule has 0 saturated heterocycles. The van der Waals surface area contributed by atoms with Gasteiger partial charge in [0.2, 0.25) is 0 Å². The molecule has 0 heterocycles. The summed E-state index contributed by atoms with van der Waals surface area (Å²) in [6.07, 6.45) is 9.72. The van der Waals surface area contributed by atoms with Crippen LogP contribution in [0, 0.1) is 0 Å². The highest BCUT2D eigenvalue weighted by Crippen LogP contribution is 2.29. The lowest BCUT2D eigenvalue weighted by atomic mass is 9.60. The Kier molecular flexibility index (Phi) is 13.4. The standard InChI is InChI=1S/C17H33BF3/c1-3-5-7-9-11-13-15-16(18-17(19,20)21)14-12-10-8-6-4-2/h16H,3-15H2,1-2H3. The van der Waals surface area contributed by atoms with Gasteiger partial charge < -0.3 is 0 Å². The number of halogens is 3. The van der Waals surface area contributed by atoms with Crippen molar-refractivity contribution in [2.45, 2.75) is 109 Å². The van der Waals surface area contributed by atoms with Crippen LogP contribution < -0.4 is 0 Å². The van der Waals surface area contributed by atoms with E-state index in [1.54, 1.807) is 0 Å². The van der Waals surface area contributed by atoms with Gasteiger partial charge in [-0.25, -0.2) is 0 Å². The second-order valence-corrected chi connectivity index (χ2v) is 6.23. The van der Waals surface area contributed by atoms with Crippen LogP contribution >= 0.6 is 0 Å². The van der Waals surface area contributed by atoms with Gasteiger partial charge in [0, 0.05) is 0 Å². The summed E-state index contributed by atoms with van der Waals surface area (Å²) in [6.45, 7) is 4.33. The highest BCUT2D eigenvalue weighted by Gasteiger charge is 2.32. The van der Waals surface area contributed by atoms with E-state index in [9.17, 15) is 13.2 Å². The zero-order chi connectivity index (χ0) is 16.0. The lowest BCUT2D eigenvalue weighted by Gasteiger charge is -2.17. The van der Waals surface area contributed by atoms with Crippen molar-refractivity contribution in [1.82, 2.24) is 0 Å². The Labute approximate surface area is 130 Å². The molecule has 0 aliphatic carbocycles. The average molecular weight is 305 g/mol. The zero-order valence-electron chi connectivity index (χ0n) is 14.0. The highest BCUT2D eigenvalue weighted by atomic mass is 19.4. The fourth-order valence-electron chi connectivity index (χ4n) is 2.78. The Morgan fingerprint density at radius 2 is 1.05 bits per heavy atom. The van der Waals surface area contributed by atoms with Gasteiger partial charge in [-0.15, -0.1) is 0 Å². The minimum absolute atomic E-state index is 0.266. The second-order valence-electron chi connectivity index (χ2n) is 6.23. The van der Waals surface area contributed by atoms with E-state index < -0.39 is 6.08 Å². The quantitative estimate of drug-likeness (QED) is 0.237. The maximum absolute atomic E-state index is 12.6. The van der Waals surface area contributed by atoms with E-state index in [0.717, 1.165) is 32.1 Å². The van der Waals surface area contributed by atoms with Crippen LogP contribution in [0.4, 0.5) is 13.2 Å². The van der Waals surface area contributed by atoms with Gasteiger partial charge in [0.05, 0.1) is 0 Å². The number of hydrogen-bond acceptors (Lipinski definition) is 0. The molecule has 0 amide bonds. The first-order chi connectivity index (χ1) is 9.99. The van der Waals surface area contributed by atoms with Crippen LogP contribution in [0.25, 0.3) is 0 Å². The number of rotatable bonds is 14. The fraction of sp³-hybridized carbons (Fsp3) is 1.00. The van der Waals surface area contributed by atoms with Crippen molar-refractivity contribution in [1.29, 1.82) is 0 Å². The fourth-order valence-corrected chi connectivity index (χ4v) is 2.78. The number of hydrogen-bond donors (Lipinski definition) is 0. The molecule has 0 rings (SSSR count). The van der Waals surface area contributed by atoms with Gasteiger partial charge in [-0.05, 0) is 0 Å². The van der Waals surface area contributed by atoms with Crippen molar-refractivity contribution in [3.05, 3.63) is 0 Å². The van der Waals surface area contributed by atoms with Gasteiger partial charge in [0.1, 0.15) is 0 Å². The van der Waals surface area contributed by atoms with Gasteiger partial charge >= 0.3 is 6.08 Å². The molecule has 0 bridgehead atoms. The van der Waals surface area contributed by atoms with Crippen molar-refractivity contribution in [2.24, 2.45) is 0 Å². The second kappa shape index (κ2) is 13.5. The summed E-state index contributed by atoms with van der Waals surface area (Å²) in [5.41, 5.74) is 0. The van der Waals surface area contributed by atoms with Gasteiger partial charge in [0.15, 0.2) is 0 Å². The largest absolute Gasteiger partial charge is 0.339 e. The van der Waals surface area contributed by atoms with Crippen LogP contribution in [0.2, 0.25) is 5.82 Å². The molecule has 4 heteroatoms. The van der Waals surface area contributed by atoms with Gasteiger partial charge in [-0.1, -0.05) is 103 Å². The average Bonchev–Trinajstić information content (AvgIpc) is 2.40. The third-order valence-electron chi connectivity index (χ3n) is 4.03. The molecule has 1 unspecified atom stereocenters. The normalized spacial score (nSPS) is 13.4. The third kappa shape index (κ3) is 16.1. The molecule has 0 aromatic rings. The highest BCUT2D eigenvalue weighted by molar-refractivity contribution is 6.40. The minimum Gasteiger partial charge on any atom is -0.183 e. The lowest BCUT2D eigenvalue weighted by Crippen LogP contribution is -2.23. The molecule has 1 atom stereocenters. The van der Waals surface area contributed by atoms with Crippen LogP contribution in [0.15, 0.2) is 0 Å². The van der Waals surface area contributed by atoms with E-state index in [2.05, 4.69) is 13.8 Å². The zero-order valence-corrected chi connectivity index (χ0v) is 14.0. The summed E-state index contributed by atoms with van der Waals surface area (Å²) in [5.74, 6) is -0.266.